The van der Waals surface area contributed by atoms with Crippen molar-refractivity contribution in [1.82, 2.24) is 9.13 Å². The first kappa shape index (κ1) is 29.6. The second-order valence-electron chi connectivity index (χ2n) is 12.1. The molecule has 4 aliphatic heterocycles. The van der Waals surface area contributed by atoms with E-state index in [0.717, 1.165) is 35.3 Å². The van der Waals surface area contributed by atoms with Crippen LogP contribution in [0.5, 0.6) is 0 Å². The maximum absolute atomic E-state index is 6.33. The third-order valence-electron chi connectivity index (χ3n) is 9.10. The Bertz CT molecular complexity index is 1730. The Morgan fingerprint density at radius 3 is 0.913 bits per heavy atom. The molecule has 2 aromatic heterocycles. The van der Waals surface area contributed by atoms with Crippen LogP contribution in [0.1, 0.15) is 22.3 Å². The third kappa shape index (κ3) is 6.05. The van der Waals surface area contributed by atoms with Crippen LogP contribution < -0.4 is 0 Å². The summed E-state index contributed by atoms with van der Waals surface area (Å²) in [6, 6.07) is 26.8. The maximum Gasteiger partial charge on any atom is 0.0721 e. The molecule has 4 aliphatic rings. The van der Waals surface area contributed by atoms with Crippen LogP contribution in [0.25, 0.3) is 43.6 Å². The van der Waals surface area contributed by atoms with Crippen molar-refractivity contribution in [1.29, 1.82) is 0 Å². The van der Waals surface area contributed by atoms with Crippen molar-refractivity contribution in [2.45, 2.75) is 39.5 Å². The molecule has 0 atom stereocenters. The fraction of sp³-hybridized carbons (Fsp3) is 0.368. The summed E-state index contributed by atoms with van der Waals surface area (Å²) in [6.07, 6.45) is 0. The normalized spacial score (nSPS) is 18.0. The molecule has 8 heteroatoms. The van der Waals surface area contributed by atoms with Gasteiger partial charge >= 0.3 is 0 Å². The predicted molar refractivity (Wildman–Crippen MR) is 179 cm³/mol. The number of hydrogen-bond donors (Lipinski definition) is 0. The molecular weight excluding hydrogens is 580 g/mol. The van der Waals surface area contributed by atoms with Gasteiger partial charge in [-0.25, -0.2) is 0 Å². The second kappa shape index (κ2) is 13.5. The van der Waals surface area contributed by atoms with E-state index >= 15 is 0 Å². The van der Waals surface area contributed by atoms with Crippen molar-refractivity contribution in [3.8, 4) is 0 Å². The fourth-order valence-electron chi connectivity index (χ4n) is 6.88. The summed E-state index contributed by atoms with van der Waals surface area (Å²) in [7, 11) is 0. The summed E-state index contributed by atoms with van der Waals surface area (Å²) in [5.74, 6) is 0. The van der Waals surface area contributed by atoms with Gasteiger partial charge in [-0.1, -0.05) is 24.3 Å². The molecule has 238 valence electrons. The molecule has 0 unspecified atom stereocenters. The van der Waals surface area contributed by atoms with E-state index in [9.17, 15) is 0 Å². The minimum Gasteiger partial charge on any atom is -0.377 e. The molecule has 0 aliphatic carbocycles. The average Bonchev–Trinajstić information content (AvgIpc) is 3.55. The van der Waals surface area contributed by atoms with Crippen molar-refractivity contribution in [2.24, 2.45) is 0 Å². The van der Waals surface area contributed by atoms with Gasteiger partial charge in [0.05, 0.1) is 79.3 Å². The van der Waals surface area contributed by atoms with E-state index < -0.39 is 0 Å². The lowest BCUT2D eigenvalue weighted by Gasteiger charge is -2.10. The Labute approximate surface area is 268 Å². The van der Waals surface area contributed by atoms with Gasteiger partial charge in [0, 0.05) is 56.7 Å². The molecule has 4 aromatic carbocycles. The van der Waals surface area contributed by atoms with Gasteiger partial charge in [-0.3, -0.25) is 0 Å². The van der Waals surface area contributed by atoms with E-state index in [1.54, 1.807) is 0 Å². The van der Waals surface area contributed by atoms with Gasteiger partial charge in [0.1, 0.15) is 0 Å². The zero-order valence-electron chi connectivity index (χ0n) is 26.2. The van der Waals surface area contributed by atoms with E-state index in [-0.39, 0.29) is 0 Å². The van der Waals surface area contributed by atoms with E-state index in [1.807, 2.05) is 0 Å². The fourth-order valence-corrected chi connectivity index (χ4v) is 6.88. The molecule has 0 spiro atoms. The van der Waals surface area contributed by atoms with Crippen LogP contribution in [0.15, 0.2) is 72.8 Å². The van der Waals surface area contributed by atoms with Crippen molar-refractivity contribution in [3.05, 3.63) is 95.1 Å². The number of benzene rings is 4. The van der Waals surface area contributed by atoms with Gasteiger partial charge < -0.3 is 37.6 Å². The van der Waals surface area contributed by atoms with Crippen LogP contribution in [0.2, 0.25) is 0 Å². The maximum atomic E-state index is 6.33. The largest absolute Gasteiger partial charge is 0.377 e. The molecule has 0 saturated carbocycles. The van der Waals surface area contributed by atoms with E-state index in [1.165, 1.54) is 43.6 Å². The monoisotopic (exact) mass is 620 g/mol. The number of rotatable bonds is 0. The Morgan fingerprint density at radius 1 is 0.326 bits per heavy atom. The molecule has 0 N–H and O–H groups in total. The minimum absolute atomic E-state index is 0.541. The quantitative estimate of drug-likeness (QED) is 0.188. The second-order valence-corrected chi connectivity index (χ2v) is 12.1. The molecule has 10 rings (SSSR count). The summed E-state index contributed by atoms with van der Waals surface area (Å²) >= 11 is 0. The topological polar surface area (TPSA) is 65.2 Å². The smallest absolute Gasteiger partial charge is 0.0721 e. The number of aromatic nitrogens is 2. The predicted octanol–water partition coefficient (Wildman–Crippen LogP) is 6.73. The zero-order chi connectivity index (χ0) is 30.7. The Balaban J connectivity index is 1.19. The molecule has 14 bridgehead atoms. The summed E-state index contributed by atoms with van der Waals surface area (Å²) in [4.78, 5) is 0. The first-order valence-electron chi connectivity index (χ1n) is 16.4. The Morgan fingerprint density at radius 2 is 0.609 bits per heavy atom. The summed E-state index contributed by atoms with van der Waals surface area (Å²) in [5, 5.41) is 4.89. The van der Waals surface area contributed by atoms with Crippen molar-refractivity contribution >= 4 is 43.6 Å². The Hall–Kier alpha value is -3.76. The van der Waals surface area contributed by atoms with E-state index in [2.05, 4.69) is 81.9 Å². The van der Waals surface area contributed by atoms with Crippen molar-refractivity contribution in [3.63, 3.8) is 0 Å². The number of fused-ring (bicyclic) bond motifs is 4. The molecule has 46 heavy (non-hydrogen) atoms. The highest BCUT2D eigenvalue weighted by Gasteiger charge is 2.15. The molecule has 6 aromatic rings. The highest BCUT2D eigenvalue weighted by Crippen LogP contribution is 2.33. The first-order chi connectivity index (χ1) is 22.8. The van der Waals surface area contributed by atoms with Crippen LogP contribution in [0.4, 0.5) is 0 Å². The van der Waals surface area contributed by atoms with Gasteiger partial charge in [-0.15, -0.1) is 0 Å². The van der Waals surface area contributed by atoms with Gasteiger partial charge in [0.2, 0.25) is 0 Å². The van der Waals surface area contributed by atoms with E-state index in [4.69, 9.17) is 28.4 Å². The van der Waals surface area contributed by atoms with Gasteiger partial charge in [0.15, 0.2) is 0 Å². The molecule has 0 amide bonds. The summed E-state index contributed by atoms with van der Waals surface area (Å²) < 4.78 is 40.8. The minimum atomic E-state index is 0.541. The summed E-state index contributed by atoms with van der Waals surface area (Å²) in [6.45, 7) is 8.14. The molecule has 8 nitrogen and oxygen atoms in total. The average molecular weight is 621 g/mol. The third-order valence-corrected chi connectivity index (χ3v) is 9.10. The van der Waals surface area contributed by atoms with Gasteiger partial charge in [-0.2, -0.15) is 0 Å². The highest BCUT2D eigenvalue weighted by atomic mass is 16.6. The van der Waals surface area contributed by atoms with Crippen LogP contribution in [-0.2, 0) is 67.9 Å². The lowest BCUT2D eigenvalue weighted by Crippen LogP contribution is -2.14. The standard InChI is InChI=1S/C38H40N2O6/c1-5-35-31-19-27(1)23-45-24-28-3-7-37-33(21-28)34-22-30-4-8-38(34)40(37)10-12-42-14-16-44-18-17-43-15-13-41-11-9-39(35)36-6-2-29(20-32(31)36)25-46-26-30/h1-8,19-22H,9-18,23-26H2. The zero-order valence-corrected chi connectivity index (χ0v) is 26.2. The molecule has 0 fully saturated rings. The van der Waals surface area contributed by atoms with Crippen LogP contribution in [0, 0.1) is 0 Å². The number of nitrogens with zero attached hydrogens (tertiary/aromatic N) is 2. The summed E-state index contributed by atoms with van der Waals surface area (Å²) in [5.41, 5.74) is 9.41. The van der Waals surface area contributed by atoms with Crippen LogP contribution >= 0.6 is 0 Å². The van der Waals surface area contributed by atoms with Crippen LogP contribution in [0.3, 0.4) is 0 Å². The van der Waals surface area contributed by atoms with E-state index in [0.29, 0.717) is 79.3 Å². The SMILES string of the molecule is c1cc2c3cc1COCc1ccc4c(c1)c1cc5ccc1n4CCOCCOCCOCCOCCn2c1ccc(cc31)COC5. The number of hydrogen-bond acceptors (Lipinski definition) is 6. The van der Waals surface area contributed by atoms with Crippen LogP contribution in [-0.4, -0.2) is 62.0 Å². The van der Waals surface area contributed by atoms with Gasteiger partial charge in [-0.05, 0) is 70.8 Å². The molecule has 6 heterocycles. The molecular formula is C38H40N2O6. The molecule has 0 saturated heterocycles. The Kier molecular flexibility index (Phi) is 8.72. The van der Waals surface area contributed by atoms with Crippen molar-refractivity contribution < 1.29 is 28.4 Å². The van der Waals surface area contributed by atoms with Crippen molar-refractivity contribution in [2.75, 3.05) is 52.9 Å². The lowest BCUT2D eigenvalue weighted by molar-refractivity contribution is -0.00297. The van der Waals surface area contributed by atoms with Gasteiger partial charge in [0.25, 0.3) is 0 Å². The number of ether oxygens (including phenoxy) is 6. The first-order valence-corrected chi connectivity index (χ1v) is 16.4. The lowest BCUT2D eigenvalue weighted by atomic mass is 10.1. The molecule has 0 radical (unpaired) electrons. The highest BCUT2D eigenvalue weighted by molar-refractivity contribution is 6.09.